The van der Waals surface area contributed by atoms with Gasteiger partial charge in [-0.1, -0.05) is 74.5 Å². The summed E-state index contributed by atoms with van der Waals surface area (Å²) >= 11 is 0. The van der Waals surface area contributed by atoms with E-state index >= 15 is 0 Å². The van der Waals surface area contributed by atoms with Gasteiger partial charge < -0.3 is 9.84 Å². The molecule has 3 atom stereocenters. The highest BCUT2D eigenvalue weighted by Gasteiger charge is 2.37. The van der Waals surface area contributed by atoms with Crippen molar-refractivity contribution in [3.63, 3.8) is 0 Å². The maximum atomic E-state index is 12.3. The molecule has 0 bridgehead atoms. The Kier molecular flexibility index (Phi) is 5.91. The first-order valence-corrected chi connectivity index (χ1v) is 9.05. The van der Waals surface area contributed by atoms with Crippen molar-refractivity contribution in [2.24, 2.45) is 5.92 Å². The van der Waals surface area contributed by atoms with Crippen molar-refractivity contribution >= 4 is 6.09 Å². The smallest absolute Gasteiger partial charge is 0.424 e. The van der Waals surface area contributed by atoms with Crippen LogP contribution >= 0.6 is 0 Å². The number of carbonyl (C=O) groups excluding carboxylic acids is 1. The lowest BCUT2D eigenvalue weighted by Crippen LogP contribution is -2.50. The van der Waals surface area contributed by atoms with Crippen LogP contribution in [0.15, 0.2) is 60.7 Å². The fourth-order valence-electron chi connectivity index (χ4n) is 3.20. The molecule has 0 radical (unpaired) electrons. The van der Waals surface area contributed by atoms with Gasteiger partial charge in [0.05, 0.1) is 18.2 Å². The highest BCUT2D eigenvalue weighted by atomic mass is 16.6. The first-order chi connectivity index (χ1) is 12.6. The molecule has 2 unspecified atom stereocenters. The summed E-state index contributed by atoms with van der Waals surface area (Å²) in [6.45, 7) is 4.26. The molecule has 1 saturated heterocycles. The Morgan fingerprint density at radius 3 is 2.35 bits per heavy atom. The molecule has 5 heteroatoms. The molecule has 0 aromatic heterocycles. The lowest BCUT2D eigenvalue weighted by molar-refractivity contribution is 0.0426. The number of amides is 1. The van der Waals surface area contributed by atoms with E-state index in [0.29, 0.717) is 13.0 Å². The van der Waals surface area contributed by atoms with E-state index < -0.39 is 12.2 Å². The summed E-state index contributed by atoms with van der Waals surface area (Å²) < 4.78 is 5.27. The molecule has 26 heavy (non-hydrogen) atoms. The Balaban J connectivity index is 1.80. The molecule has 0 aliphatic carbocycles. The number of carbonyl (C=O) groups is 1. The summed E-state index contributed by atoms with van der Waals surface area (Å²) in [4.78, 5) is 12.3. The summed E-state index contributed by atoms with van der Waals surface area (Å²) in [7, 11) is 0. The SMILES string of the molecule is CC(C)C(O)C(NN1C(=O)OC[C@@H]1Cc1ccccc1)c1ccccc1. The van der Waals surface area contributed by atoms with Gasteiger partial charge in [0.25, 0.3) is 0 Å². The van der Waals surface area contributed by atoms with Gasteiger partial charge in [-0.15, -0.1) is 0 Å². The number of benzene rings is 2. The summed E-state index contributed by atoms with van der Waals surface area (Å²) in [5.74, 6) is 0.0407. The van der Waals surface area contributed by atoms with Crippen molar-refractivity contribution in [3.8, 4) is 0 Å². The van der Waals surface area contributed by atoms with Gasteiger partial charge in [0, 0.05) is 0 Å². The Hall–Kier alpha value is -2.37. The largest absolute Gasteiger partial charge is 0.446 e. The molecule has 1 heterocycles. The predicted octanol–water partition coefficient (Wildman–Crippen LogP) is 3.31. The number of aliphatic hydroxyl groups is 1. The molecule has 5 nitrogen and oxygen atoms in total. The van der Waals surface area contributed by atoms with Crippen molar-refractivity contribution < 1.29 is 14.6 Å². The highest BCUT2D eigenvalue weighted by molar-refractivity contribution is 5.69. The van der Waals surface area contributed by atoms with Gasteiger partial charge in [0.1, 0.15) is 6.61 Å². The second-order valence-corrected chi connectivity index (χ2v) is 7.04. The summed E-state index contributed by atoms with van der Waals surface area (Å²) in [6.07, 6.45) is -0.343. The van der Waals surface area contributed by atoms with Crippen LogP contribution in [-0.2, 0) is 11.2 Å². The normalized spacial score (nSPS) is 19.5. The number of cyclic esters (lactones) is 1. The summed E-state index contributed by atoms with van der Waals surface area (Å²) in [5, 5.41) is 12.3. The zero-order chi connectivity index (χ0) is 18.5. The molecule has 1 aliphatic rings. The number of ether oxygens (including phenoxy) is 1. The van der Waals surface area contributed by atoms with Crippen LogP contribution in [0.5, 0.6) is 0 Å². The quantitative estimate of drug-likeness (QED) is 0.801. The Bertz CT molecular complexity index is 706. The van der Waals surface area contributed by atoms with Gasteiger partial charge in [-0.05, 0) is 23.5 Å². The molecule has 1 aliphatic heterocycles. The van der Waals surface area contributed by atoms with Crippen molar-refractivity contribution in [2.45, 2.75) is 38.5 Å². The van der Waals surface area contributed by atoms with Crippen LogP contribution in [0, 0.1) is 5.92 Å². The number of hydrogen-bond acceptors (Lipinski definition) is 4. The topological polar surface area (TPSA) is 61.8 Å². The Morgan fingerprint density at radius 2 is 1.73 bits per heavy atom. The van der Waals surface area contributed by atoms with Crippen LogP contribution in [0.4, 0.5) is 4.79 Å². The predicted molar refractivity (Wildman–Crippen MR) is 100 cm³/mol. The number of rotatable bonds is 7. The zero-order valence-corrected chi connectivity index (χ0v) is 15.2. The van der Waals surface area contributed by atoms with Gasteiger partial charge in [0.2, 0.25) is 0 Å². The number of hydrogen-bond donors (Lipinski definition) is 2. The lowest BCUT2D eigenvalue weighted by Gasteiger charge is -2.32. The summed E-state index contributed by atoms with van der Waals surface area (Å²) in [6, 6.07) is 19.2. The van der Waals surface area contributed by atoms with E-state index in [1.54, 1.807) is 0 Å². The van der Waals surface area contributed by atoms with Crippen molar-refractivity contribution in [1.82, 2.24) is 10.4 Å². The van der Waals surface area contributed by atoms with E-state index in [0.717, 1.165) is 11.1 Å². The van der Waals surface area contributed by atoms with Gasteiger partial charge in [-0.2, -0.15) is 0 Å². The minimum absolute atomic E-state index is 0.0407. The maximum absolute atomic E-state index is 12.3. The first-order valence-electron chi connectivity index (χ1n) is 9.05. The Morgan fingerprint density at radius 1 is 1.12 bits per heavy atom. The molecule has 0 spiro atoms. The van der Waals surface area contributed by atoms with Gasteiger partial charge in [0.15, 0.2) is 0 Å². The fourth-order valence-corrected chi connectivity index (χ4v) is 3.20. The van der Waals surface area contributed by atoms with Gasteiger partial charge >= 0.3 is 6.09 Å². The van der Waals surface area contributed by atoms with Crippen LogP contribution < -0.4 is 5.43 Å². The molecule has 3 rings (SSSR count). The molecule has 138 valence electrons. The molecule has 1 fully saturated rings. The lowest BCUT2D eigenvalue weighted by atomic mass is 9.94. The van der Waals surface area contributed by atoms with Crippen LogP contribution in [0.25, 0.3) is 0 Å². The zero-order valence-electron chi connectivity index (χ0n) is 15.2. The third kappa shape index (κ3) is 4.23. The Labute approximate surface area is 154 Å². The van der Waals surface area contributed by atoms with Gasteiger partial charge in [-0.3, -0.25) is 0 Å². The van der Waals surface area contributed by atoms with E-state index in [9.17, 15) is 9.90 Å². The van der Waals surface area contributed by atoms with Crippen LogP contribution in [-0.4, -0.2) is 35.0 Å². The second-order valence-electron chi connectivity index (χ2n) is 7.04. The highest BCUT2D eigenvalue weighted by Crippen LogP contribution is 2.25. The maximum Gasteiger partial charge on any atom is 0.424 e. The van der Waals surface area contributed by atoms with E-state index in [2.05, 4.69) is 5.43 Å². The van der Waals surface area contributed by atoms with Crippen LogP contribution in [0.3, 0.4) is 0 Å². The number of nitrogens with zero attached hydrogens (tertiary/aromatic N) is 1. The molecule has 2 aromatic rings. The van der Waals surface area contributed by atoms with Crippen molar-refractivity contribution in [2.75, 3.05) is 6.61 Å². The van der Waals surface area contributed by atoms with Gasteiger partial charge in [-0.25, -0.2) is 15.2 Å². The van der Waals surface area contributed by atoms with E-state index in [4.69, 9.17) is 4.74 Å². The van der Waals surface area contributed by atoms with E-state index in [-0.39, 0.29) is 18.0 Å². The fraction of sp³-hybridized carbons (Fsp3) is 0.381. The number of nitrogens with one attached hydrogen (secondary N) is 1. The van der Waals surface area contributed by atoms with Crippen molar-refractivity contribution in [3.05, 3.63) is 71.8 Å². The third-order valence-electron chi connectivity index (χ3n) is 4.74. The molecule has 1 amide bonds. The van der Waals surface area contributed by atoms with Crippen LogP contribution in [0.1, 0.15) is 31.0 Å². The first kappa shape index (κ1) is 18.4. The second kappa shape index (κ2) is 8.34. The molecule has 0 saturated carbocycles. The minimum atomic E-state index is -0.636. The average Bonchev–Trinajstić information content (AvgIpc) is 3.00. The minimum Gasteiger partial charge on any atom is -0.446 e. The molecule has 2 aromatic carbocycles. The van der Waals surface area contributed by atoms with Crippen LogP contribution in [0.2, 0.25) is 0 Å². The van der Waals surface area contributed by atoms with Crippen molar-refractivity contribution in [1.29, 1.82) is 0 Å². The van der Waals surface area contributed by atoms with E-state index in [1.165, 1.54) is 5.01 Å². The standard InChI is InChI=1S/C21H26N2O3/c1-15(2)20(24)19(17-11-7-4-8-12-17)22-23-18(14-26-21(23)25)13-16-9-5-3-6-10-16/h3-12,15,18-20,22,24H,13-14H2,1-2H3/t18-,19?,20?/m0/s1. The summed E-state index contributed by atoms with van der Waals surface area (Å²) in [5.41, 5.74) is 5.32. The number of hydrazine groups is 1. The molecular formula is C21H26N2O3. The average molecular weight is 354 g/mol. The third-order valence-corrected chi connectivity index (χ3v) is 4.74. The monoisotopic (exact) mass is 354 g/mol. The molecule has 2 N–H and O–H groups in total. The molecular weight excluding hydrogens is 328 g/mol. The van der Waals surface area contributed by atoms with E-state index in [1.807, 2.05) is 74.5 Å². The number of aliphatic hydroxyl groups excluding tert-OH is 1.